The van der Waals surface area contributed by atoms with Crippen LogP contribution in [0, 0.1) is 27.7 Å². The molecular formula is C11H22N3Ni. The Morgan fingerprint density at radius 2 is 1.60 bits per heavy atom. The first-order chi connectivity index (χ1) is 6.67. The van der Waals surface area contributed by atoms with Crippen LogP contribution in [0.15, 0.2) is 6.33 Å². The SMILES string of the molecule is [CH2-]CC.[CH2-]CC.[CH2-]Cn1ncnc1C.[Ni+3]. The average molecular weight is 255 g/mol. The van der Waals surface area contributed by atoms with Crippen LogP contribution in [0.2, 0.25) is 0 Å². The molecule has 1 aromatic heterocycles. The smallest absolute Gasteiger partial charge is 0.344 e. The van der Waals surface area contributed by atoms with Crippen LogP contribution in [0.4, 0.5) is 0 Å². The molecule has 4 heteroatoms. The van der Waals surface area contributed by atoms with Gasteiger partial charge in [0.05, 0.1) is 0 Å². The second-order valence-electron chi connectivity index (χ2n) is 2.53. The van der Waals surface area contributed by atoms with E-state index in [1.165, 1.54) is 6.33 Å². The van der Waals surface area contributed by atoms with E-state index in [4.69, 9.17) is 0 Å². The third-order valence-electron chi connectivity index (χ3n) is 1.02. The molecule has 0 aromatic carbocycles. The Morgan fingerprint density at radius 3 is 1.73 bits per heavy atom. The summed E-state index contributed by atoms with van der Waals surface area (Å²) in [6.07, 6.45) is 3.53. The number of hydrogen-bond donors (Lipinski definition) is 0. The number of aryl methyl sites for hydroxylation is 1. The van der Waals surface area contributed by atoms with Crippen LogP contribution in [0.1, 0.15) is 32.5 Å². The molecule has 0 aliphatic heterocycles. The average Bonchev–Trinajstić information content (AvgIpc) is 2.53. The van der Waals surface area contributed by atoms with E-state index < -0.39 is 0 Å². The normalized spacial score (nSPS) is 7.60. The van der Waals surface area contributed by atoms with Crippen LogP contribution in [-0.4, -0.2) is 14.8 Å². The van der Waals surface area contributed by atoms with Gasteiger partial charge in [-0.25, -0.2) is 4.98 Å². The Balaban J connectivity index is -0.000000177. The molecule has 0 saturated heterocycles. The van der Waals surface area contributed by atoms with Crippen molar-refractivity contribution in [2.75, 3.05) is 0 Å². The summed E-state index contributed by atoms with van der Waals surface area (Å²) < 4.78 is 1.74. The van der Waals surface area contributed by atoms with E-state index >= 15 is 0 Å². The van der Waals surface area contributed by atoms with E-state index in [-0.39, 0.29) is 16.5 Å². The Bertz CT molecular complexity index is 197. The van der Waals surface area contributed by atoms with Crippen LogP contribution in [0.5, 0.6) is 0 Å². The van der Waals surface area contributed by atoms with Crippen molar-refractivity contribution in [1.29, 1.82) is 0 Å². The molecule has 1 rings (SSSR count). The van der Waals surface area contributed by atoms with Gasteiger partial charge >= 0.3 is 16.5 Å². The summed E-state index contributed by atoms with van der Waals surface area (Å²) in [6.45, 7) is 17.2. The van der Waals surface area contributed by atoms with Crippen molar-refractivity contribution in [2.45, 2.75) is 40.2 Å². The van der Waals surface area contributed by atoms with Gasteiger partial charge in [0.2, 0.25) is 0 Å². The maximum absolute atomic E-state index is 3.90. The molecule has 0 aliphatic rings. The van der Waals surface area contributed by atoms with Gasteiger partial charge in [-0.05, 0) is 6.92 Å². The third-order valence-corrected chi connectivity index (χ3v) is 1.02. The Hall–Kier alpha value is -0.366. The van der Waals surface area contributed by atoms with Crippen LogP contribution >= 0.6 is 0 Å². The minimum atomic E-state index is 0. The fraction of sp³-hybridized carbons (Fsp3) is 0.545. The van der Waals surface area contributed by atoms with Crippen LogP contribution < -0.4 is 0 Å². The zero-order valence-electron chi connectivity index (χ0n) is 9.98. The molecule has 3 nitrogen and oxygen atoms in total. The van der Waals surface area contributed by atoms with E-state index in [0.717, 1.165) is 18.7 Å². The van der Waals surface area contributed by atoms with Crippen molar-refractivity contribution >= 4 is 0 Å². The minimum absolute atomic E-state index is 0. The molecule has 1 heterocycles. The maximum Gasteiger partial charge on any atom is 3.00 e. The number of rotatable bonds is 1. The second-order valence-corrected chi connectivity index (χ2v) is 2.53. The molecule has 91 valence electrons. The van der Waals surface area contributed by atoms with Crippen LogP contribution in [0.25, 0.3) is 0 Å². The van der Waals surface area contributed by atoms with Gasteiger partial charge in [-0.2, -0.15) is 17.9 Å². The van der Waals surface area contributed by atoms with E-state index in [9.17, 15) is 0 Å². The molecule has 0 spiro atoms. The fourth-order valence-electron chi connectivity index (χ4n) is 0.541. The third kappa shape index (κ3) is 13.6. The molecule has 1 aromatic rings. The molecule has 0 saturated carbocycles. The summed E-state index contributed by atoms with van der Waals surface area (Å²) in [7, 11) is 0. The molecule has 1 radical (unpaired) electrons. The maximum atomic E-state index is 3.90. The summed E-state index contributed by atoms with van der Waals surface area (Å²) in [5.41, 5.74) is 0. The monoisotopic (exact) mass is 254 g/mol. The minimum Gasteiger partial charge on any atom is -0.344 e. The predicted octanol–water partition coefficient (Wildman–Crippen LogP) is 2.88. The molecule has 0 aliphatic carbocycles. The molecule has 0 amide bonds. The Morgan fingerprint density at radius 1 is 1.20 bits per heavy atom. The zero-order valence-corrected chi connectivity index (χ0v) is 11.0. The summed E-state index contributed by atoms with van der Waals surface area (Å²) in [5, 5.41) is 3.88. The van der Waals surface area contributed by atoms with E-state index in [2.05, 4.69) is 30.9 Å². The van der Waals surface area contributed by atoms with Crippen molar-refractivity contribution < 1.29 is 16.5 Å². The standard InChI is InChI=1S/C5H8N3.2C3H7.Ni/c1-3-8-5(2)6-4-7-8;2*1-3-2;/h4H,1,3H2,2H3;2*1,3H2,2H3;/q3*-1;+3. The van der Waals surface area contributed by atoms with Crippen LogP contribution in [0.3, 0.4) is 0 Å². The zero-order chi connectivity index (χ0) is 11.4. The first-order valence-corrected chi connectivity index (χ1v) is 4.89. The molecule has 0 atom stereocenters. The number of aromatic nitrogens is 3. The van der Waals surface area contributed by atoms with Crippen molar-refractivity contribution in [1.82, 2.24) is 14.8 Å². The molecule has 15 heavy (non-hydrogen) atoms. The van der Waals surface area contributed by atoms with Crippen molar-refractivity contribution in [3.8, 4) is 0 Å². The molecule has 0 bridgehead atoms. The van der Waals surface area contributed by atoms with Gasteiger partial charge in [-0.1, -0.05) is 20.4 Å². The van der Waals surface area contributed by atoms with Gasteiger partial charge in [-0.15, -0.1) is 0 Å². The topological polar surface area (TPSA) is 30.7 Å². The van der Waals surface area contributed by atoms with Crippen molar-refractivity contribution in [3.63, 3.8) is 0 Å². The van der Waals surface area contributed by atoms with Gasteiger partial charge < -0.3 is 20.8 Å². The largest absolute Gasteiger partial charge is 3.00 e. The molecular weight excluding hydrogens is 233 g/mol. The van der Waals surface area contributed by atoms with Gasteiger partial charge in [0, 0.05) is 0 Å². The van der Waals surface area contributed by atoms with Crippen LogP contribution in [-0.2, 0) is 23.0 Å². The van der Waals surface area contributed by atoms with Gasteiger partial charge in [-0.3, -0.25) is 4.68 Å². The summed E-state index contributed by atoms with van der Waals surface area (Å²) in [6, 6.07) is 0. The first kappa shape index (κ1) is 20.1. The summed E-state index contributed by atoms with van der Waals surface area (Å²) in [4.78, 5) is 3.90. The quantitative estimate of drug-likeness (QED) is 0.570. The van der Waals surface area contributed by atoms with E-state index in [1.54, 1.807) is 4.68 Å². The van der Waals surface area contributed by atoms with Gasteiger partial charge in [0.15, 0.2) is 0 Å². The van der Waals surface area contributed by atoms with Gasteiger partial charge in [0.25, 0.3) is 0 Å². The Kier molecular flexibility index (Phi) is 21.5. The summed E-state index contributed by atoms with van der Waals surface area (Å²) >= 11 is 0. The predicted molar refractivity (Wildman–Crippen MR) is 61.4 cm³/mol. The van der Waals surface area contributed by atoms with Gasteiger partial charge in [0.1, 0.15) is 12.2 Å². The Labute approximate surface area is 105 Å². The van der Waals surface area contributed by atoms with Crippen molar-refractivity contribution in [3.05, 3.63) is 32.9 Å². The molecule has 0 unspecified atom stereocenters. The number of hydrogen-bond acceptors (Lipinski definition) is 2. The first-order valence-electron chi connectivity index (χ1n) is 4.89. The van der Waals surface area contributed by atoms with Crippen molar-refractivity contribution in [2.24, 2.45) is 0 Å². The van der Waals surface area contributed by atoms with E-state index in [0.29, 0.717) is 6.54 Å². The summed E-state index contributed by atoms with van der Waals surface area (Å²) in [5.74, 6) is 0.917. The number of nitrogens with zero attached hydrogens (tertiary/aromatic N) is 3. The second kappa shape index (κ2) is 16.1. The fourth-order valence-corrected chi connectivity index (χ4v) is 0.541. The molecule has 0 N–H and O–H groups in total. The molecule has 0 fully saturated rings. The van der Waals surface area contributed by atoms with E-state index in [1.807, 2.05) is 20.8 Å².